The first kappa shape index (κ1) is 12.0. The largest absolute Gasteiger partial charge is 0.305 e. The zero-order chi connectivity index (χ0) is 11.2. The first-order valence-electron chi connectivity index (χ1n) is 5.74. The molecule has 0 unspecified atom stereocenters. The van der Waals surface area contributed by atoms with Gasteiger partial charge in [-0.3, -0.25) is 0 Å². The Morgan fingerprint density at radius 3 is 1.64 bits per heavy atom. The summed E-state index contributed by atoms with van der Waals surface area (Å²) in [5.74, 6) is 0. The number of nitrogens with zero attached hydrogens (tertiary/aromatic N) is 1. The van der Waals surface area contributed by atoms with Crippen LogP contribution in [0.5, 0.6) is 0 Å². The second kappa shape index (κ2) is 3.23. The predicted octanol–water partition coefficient (Wildman–Crippen LogP) is 3.40. The molecule has 0 N–H and O–H groups in total. The van der Waals surface area contributed by atoms with Crippen molar-refractivity contribution in [2.45, 2.75) is 48.0 Å². The zero-order valence-corrected chi connectivity index (χ0v) is 11.1. The quantitative estimate of drug-likeness (QED) is 0.623. The average molecular weight is 197 g/mol. The second-order valence-corrected chi connectivity index (χ2v) is 7.44. The van der Waals surface area contributed by atoms with Crippen molar-refractivity contribution in [1.82, 2.24) is 4.90 Å². The van der Waals surface area contributed by atoms with Crippen molar-refractivity contribution in [3.05, 3.63) is 0 Å². The lowest BCUT2D eigenvalue weighted by atomic mass is 9.56. The minimum absolute atomic E-state index is 0.437. The summed E-state index contributed by atoms with van der Waals surface area (Å²) in [5.41, 5.74) is 1.43. The van der Waals surface area contributed by atoms with Gasteiger partial charge in [0.2, 0.25) is 0 Å². The molecule has 1 aliphatic rings. The van der Waals surface area contributed by atoms with E-state index in [0.29, 0.717) is 16.2 Å². The van der Waals surface area contributed by atoms with Crippen molar-refractivity contribution in [2.75, 3.05) is 20.1 Å². The molecule has 0 saturated carbocycles. The Kier molecular flexibility index (Phi) is 2.78. The molecule has 0 spiro atoms. The summed E-state index contributed by atoms with van der Waals surface area (Å²) in [6, 6.07) is 0. The van der Waals surface area contributed by atoms with Crippen molar-refractivity contribution in [2.24, 2.45) is 16.2 Å². The minimum Gasteiger partial charge on any atom is -0.305 e. The third-order valence-corrected chi connectivity index (χ3v) is 3.60. The zero-order valence-electron chi connectivity index (χ0n) is 11.1. The fraction of sp³-hybridized carbons (Fsp3) is 1.00. The van der Waals surface area contributed by atoms with E-state index in [2.05, 4.69) is 53.5 Å². The van der Waals surface area contributed by atoms with Crippen LogP contribution in [0, 0.1) is 16.2 Å². The highest BCUT2D eigenvalue weighted by atomic mass is 15.2. The maximum atomic E-state index is 2.44. The van der Waals surface area contributed by atoms with Crippen molar-refractivity contribution >= 4 is 0 Å². The SMILES string of the molecule is CN1CC(CC(C)(C)C)(C(C)(C)C)C1. The molecule has 84 valence electrons. The monoisotopic (exact) mass is 197 g/mol. The molecule has 14 heavy (non-hydrogen) atoms. The van der Waals surface area contributed by atoms with E-state index in [1.54, 1.807) is 0 Å². The molecule has 0 bridgehead atoms. The van der Waals surface area contributed by atoms with Crippen LogP contribution in [-0.4, -0.2) is 25.0 Å². The molecular formula is C13H27N. The highest BCUT2D eigenvalue weighted by Crippen LogP contribution is 2.51. The van der Waals surface area contributed by atoms with Crippen LogP contribution < -0.4 is 0 Å². The second-order valence-electron chi connectivity index (χ2n) is 7.44. The lowest BCUT2D eigenvalue weighted by Crippen LogP contribution is -2.61. The number of hydrogen-bond donors (Lipinski definition) is 0. The van der Waals surface area contributed by atoms with Crippen LogP contribution in [0.2, 0.25) is 0 Å². The van der Waals surface area contributed by atoms with E-state index >= 15 is 0 Å². The van der Waals surface area contributed by atoms with Crippen molar-refractivity contribution in [3.8, 4) is 0 Å². The first-order valence-corrected chi connectivity index (χ1v) is 5.74. The van der Waals surface area contributed by atoms with Gasteiger partial charge >= 0.3 is 0 Å². The van der Waals surface area contributed by atoms with Crippen LogP contribution in [-0.2, 0) is 0 Å². The number of rotatable bonds is 1. The molecule has 0 radical (unpaired) electrons. The van der Waals surface area contributed by atoms with Gasteiger partial charge in [-0.2, -0.15) is 0 Å². The van der Waals surface area contributed by atoms with Gasteiger partial charge < -0.3 is 4.90 Å². The van der Waals surface area contributed by atoms with Crippen LogP contribution in [0.25, 0.3) is 0 Å². The molecule has 1 aliphatic heterocycles. The van der Waals surface area contributed by atoms with Gasteiger partial charge in [-0.25, -0.2) is 0 Å². The number of likely N-dealkylation sites (tertiary alicyclic amines) is 1. The van der Waals surface area contributed by atoms with Crippen molar-refractivity contribution in [1.29, 1.82) is 0 Å². The summed E-state index contributed by atoms with van der Waals surface area (Å²) in [6.07, 6.45) is 1.34. The molecule has 1 saturated heterocycles. The molecule has 1 heteroatoms. The Morgan fingerprint density at radius 2 is 1.43 bits per heavy atom. The fourth-order valence-electron chi connectivity index (χ4n) is 2.85. The van der Waals surface area contributed by atoms with E-state index in [-0.39, 0.29) is 0 Å². The maximum absolute atomic E-state index is 2.44. The Bertz CT molecular complexity index is 198. The van der Waals surface area contributed by atoms with Gasteiger partial charge in [0.05, 0.1) is 0 Å². The molecule has 1 fully saturated rings. The van der Waals surface area contributed by atoms with Gasteiger partial charge in [0.15, 0.2) is 0 Å². The normalized spacial score (nSPS) is 23.4. The van der Waals surface area contributed by atoms with Crippen LogP contribution in [0.4, 0.5) is 0 Å². The molecule has 1 rings (SSSR count). The van der Waals surface area contributed by atoms with Crippen LogP contribution in [0.1, 0.15) is 48.0 Å². The van der Waals surface area contributed by atoms with Gasteiger partial charge in [0.1, 0.15) is 0 Å². The third kappa shape index (κ3) is 2.31. The van der Waals surface area contributed by atoms with Crippen molar-refractivity contribution < 1.29 is 0 Å². The molecule has 0 aromatic rings. The highest BCUT2D eigenvalue weighted by Gasteiger charge is 2.50. The molecule has 0 aromatic carbocycles. The summed E-state index contributed by atoms with van der Waals surface area (Å²) in [5, 5.41) is 0. The summed E-state index contributed by atoms with van der Waals surface area (Å²) >= 11 is 0. The summed E-state index contributed by atoms with van der Waals surface area (Å²) in [7, 11) is 2.23. The van der Waals surface area contributed by atoms with Gasteiger partial charge in [-0.15, -0.1) is 0 Å². The Hall–Kier alpha value is -0.0400. The minimum atomic E-state index is 0.437. The van der Waals surface area contributed by atoms with Crippen molar-refractivity contribution in [3.63, 3.8) is 0 Å². The third-order valence-electron chi connectivity index (χ3n) is 3.60. The average Bonchev–Trinajstić information content (AvgIpc) is 1.76. The standard InChI is InChI=1S/C13H27N/c1-11(2,3)8-13(12(4,5)6)9-14(7)10-13/h8-10H2,1-7H3. The van der Waals surface area contributed by atoms with Gasteiger partial charge in [0.25, 0.3) is 0 Å². The Labute approximate surface area is 89.9 Å². The van der Waals surface area contributed by atoms with E-state index in [1.165, 1.54) is 19.5 Å². The van der Waals surface area contributed by atoms with Gasteiger partial charge in [-0.1, -0.05) is 41.5 Å². The van der Waals surface area contributed by atoms with E-state index < -0.39 is 0 Å². The first-order chi connectivity index (χ1) is 6.06. The molecule has 1 heterocycles. The molecule has 0 aromatic heterocycles. The number of hydrogen-bond acceptors (Lipinski definition) is 1. The van der Waals surface area contributed by atoms with E-state index in [9.17, 15) is 0 Å². The van der Waals surface area contributed by atoms with Gasteiger partial charge in [-0.05, 0) is 24.3 Å². The Balaban J connectivity index is 2.76. The molecule has 0 atom stereocenters. The topological polar surface area (TPSA) is 3.24 Å². The summed E-state index contributed by atoms with van der Waals surface area (Å²) < 4.78 is 0. The van der Waals surface area contributed by atoms with Crippen LogP contribution in [0.3, 0.4) is 0 Å². The lowest BCUT2D eigenvalue weighted by molar-refractivity contribution is -0.0927. The molecule has 1 nitrogen and oxygen atoms in total. The molecular weight excluding hydrogens is 170 g/mol. The summed E-state index contributed by atoms with van der Waals surface area (Å²) in [6.45, 7) is 16.8. The lowest BCUT2D eigenvalue weighted by Gasteiger charge is -2.58. The highest BCUT2D eigenvalue weighted by molar-refractivity contribution is 5.02. The van der Waals surface area contributed by atoms with Gasteiger partial charge in [0, 0.05) is 18.5 Å². The van der Waals surface area contributed by atoms with E-state index in [4.69, 9.17) is 0 Å². The predicted molar refractivity (Wildman–Crippen MR) is 63.5 cm³/mol. The smallest absolute Gasteiger partial charge is 0.00527 e. The van der Waals surface area contributed by atoms with Crippen LogP contribution in [0.15, 0.2) is 0 Å². The molecule has 0 amide bonds. The van der Waals surface area contributed by atoms with Crippen LogP contribution >= 0.6 is 0 Å². The van der Waals surface area contributed by atoms with E-state index in [0.717, 1.165) is 0 Å². The van der Waals surface area contributed by atoms with E-state index in [1.807, 2.05) is 0 Å². The maximum Gasteiger partial charge on any atom is 0.00527 e. The fourth-order valence-corrected chi connectivity index (χ4v) is 2.85. The summed E-state index contributed by atoms with van der Waals surface area (Å²) in [4.78, 5) is 2.44. The molecule has 0 aliphatic carbocycles. The Morgan fingerprint density at radius 1 is 1.00 bits per heavy atom.